The van der Waals surface area contributed by atoms with Gasteiger partial charge in [0.25, 0.3) is 0 Å². The number of imidazole rings is 1. The number of likely N-dealkylation sites (N-methyl/N-ethyl adjacent to an activating group) is 1. The van der Waals surface area contributed by atoms with Gasteiger partial charge in [0, 0.05) is 19.2 Å². The summed E-state index contributed by atoms with van der Waals surface area (Å²) in [5.74, 6) is -0.419. The van der Waals surface area contributed by atoms with Crippen LogP contribution in [0.25, 0.3) is 22.4 Å². The van der Waals surface area contributed by atoms with E-state index in [1.54, 1.807) is 45.4 Å². The van der Waals surface area contributed by atoms with Crippen molar-refractivity contribution < 1.29 is 18.7 Å². The number of aromatic nitrogens is 5. The molecule has 1 fully saturated rings. The SMILES string of the molecule is CNC(=O)C1(NC(=O)OC(C)(C)C)CCCN(c2cnc(-c3cccc(F)c3)cc2Cn2cnc3c(N)ncnc32)C1. The van der Waals surface area contributed by atoms with Crippen LogP contribution in [0.2, 0.25) is 0 Å². The zero-order valence-electron chi connectivity index (χ0n) is 24.0. The number of amides is 2. The third-order valence-electron chi connectivity index (χ3n) is 7.09. The van der Waals surface area contributed by atoms with Crippen LogP contribution in [0.15, 0.2) is 49.2 Å². The number of rotatable bonds is 6. The number of hydrogen-bond donors (Lipinski definition) is 3. The van der Waals surface area contributed by atoms with Gasteiger partial charge in [-0.15, -0.1) is 0 Å². The molecule has 5 rings (SSSR count). The molecule has 1 aliphatic heterocycles. The fourth-order valence-corrected chi connectivity index (χ4v) is 5.25. The summed E-state index contributed by atoms with van der Waals surface area (Å²) in [4.78, 5) is 45.6. The summed E-state index contributed by atoms with van der Waals surface area (Å²) in [5, 5.41) is 5.56. The molecular formula is C29H34FN9O3. The zero-order valence-corrected chi connectivity index (χ0v) is 24.0. The van der Waals surface area contributed by atoms with Crippen molar-refractivity contribution in [1.29, 1.82) is 0 Å². The molecule has 0 bridgehead atoms. The number of carbonyl (C=O) groups excluding carboxylic acids is 2. The Morgan fingerprint density at radius 1 is 1.17 bits per heavy atom. The van der Waals surface area contributed by atoms with Crippen LogP contribution >= 0.6 is 0 Å². The third-order valence-corrected chi connectivity index (χ3v) is 7.09. The van der Waals surface area contributed by atoms with Gasteiger partial charge < -0.3 is 30.6 Å². The summed E-state index contributed by atoms with van der Waals surface area (Å²) < 4.78 is 21.4. The lowest BCUT2D eigenvalue weighted by Gasteiger charge is -2.43. The molecule has 0 spiro atoms. The first-order chi connectivity index (χ1) is 20.0. The van der Waals surface area contributed by atoms with Gasteiger partial charge in [-0.3, -0.25) is 9.78 Å². The Bertz CT molecular complexity index is 1630. The van der Waals surface area contributed by atoms with E-state index in [9.17, 15) is 14.0 Å². The van der Waals surface area contributed by atoms with Crippen LogP contribution in [0.4, 0.5) is 20.7 Å². The molecule has 0 aliphatic carbocycles. The van der Waals surface area contributed by atoms with Gasteiger partial charge in [-0.1, -0.05) is 12.1 Å². The topological polar surface area (TPSA) is 153 Å². The van der Waals surface area contributed by atoms with Gasteiger partial charge in [-0.05, 0) is 57.4 Å². The molecule has 1 unspecified atom stereocenters. The second-order valence-electron chi connectivity index (χ2n) is 11.3. The number of piperidine rings is 1. The first-order valence-electron chi connectivity index (χ1n) is 13.6. The minimum absolute atomic E-state index is 0.180. The second kappa shape index (κ2) is 11.2. The van der Waals surface area contributed by atoms with Crippen LogP contribution in [0, 0.1) is 5.82 Å². The molecule has 4 N–H and O–H groups in total. The summed E-state index contributed by atoms with van der Waals surface area (Å²) in [7, 11) is 1.54. The molecular weight excluding hydrogens is 541 g/mol. The molecule has 1 aromatic carbocycles. The van der Waals surface area contributed by atoms with Crippen molar-refractivity contribution in [3.8, 4) is 11.3 Å². The van der Waals surface area contributed by atoms with E-state index in [1.807, 2.05) is 15.5 Å². The number of fused-ring (bicyclic) bond motifs is 1. The molecule has 4 heterocycles. The Labute approximate surface area is 242 Å². The van der Waals surface area contributed by atoms with Gasteiger partial charge in [-0.25, -0.2) is 24.1 Å². The quantitative estimate of drug-likeness (QED) is 0.314. The number of ether oxygens (including phenoxy) is 1. The number of nitrogens with zero attached hydrogens (tertiary/aromatic N) is 6. The van der Waals surface area contributed by atoms with E-state index < -0.39 is 17.2 Å². The number of nitrogens with two attached hydrogens (primary N) is 1. The second-order valence-corrected chi connectivity index (χ2v) is 11.3. The number of pyridine rings is 1. The molecule has 1 atom stereocenters. The highest BCUT2D eigenvalue weighted by molar-refractivity contribution is 5.91. The minimum Gasteiger partial charge on any atom is -0.444 e. The number of nitrogen functional groups attached to an aromatic ring is 1. The smallest absolute Gasteiger partial charge is 0.408 e. The van der Waals surface area contributed by atoms with Crippen molar-refractivity contribution in [3.05, 3.63) is 60.6 Å². The van der Waals surface area contributed by atoms with Crippen molar-refractivity contribution in [2.24, 2.45) is 0 Å². The Morgan fingerprint density at radius 2 is 1.98 bits per heavy atom. The monoisotopic (exact) mass is 575 g/mol. The summed E-state index contributed by atoms with van der Waals surface area (Å²) in [6.45, 7) is 6.42. The average Bonchev–Trinajstić information content (AvgIpc) is 3.35. The number of benzene rings is 1. The molecule has 0 saturated carbocycles. The first-order valence-corrected chi connectivity index (χ1v) is 13.6. The van der Waals surface area contributed by atoms with Gasteiger partial charge >= 0.3 is 6.09 Å². The predicted octanol–water partition coefficient (Wildman–Crippen LogP) is 3.27. The lowest BCUT2D eigenvalue weighted by molar-refractivity contribution is -0.127. The molecule has 42 heavy (non-hydrogen) atoms. The fourth-order valence-electron chi connectivity index (χ4n) is 5.25. The number of anilines is 2. The number of halogens is 1. The van der Waals surface area contributed by atoms with E-state index in [0.29, 0.717) is 48.4 Å². The molecule has 220 valence electrons. The molecule has 4 aromatic rings. The summed E-state index contributed by atoms with van der Waals surface area (Å²) in [6, 6.07) is 8.11. The van der Waals surface area contributed by atoms with Crippen LogP contribution < -0.4 is 21.3 Å². The van der Waals surface area contributed by atoms with Gasteiger partial charge in [0.2, 0.25) is 5.91 Å². The third kappa shape index (κ3) is 5.94. The van der Waals surface area contributed by atoms with Crippen molar-refractivity contribution >= 4 is 34.7 Å². The molecule has 13 heteroatoms. The number of nitrogens with one attached hydrogen (secondary N) is 2. The van der Waals surface area contributed by atoms with Crippen LogP contribution in [-0.2, 0) is 16.1 Å². The van der Waals surface area contributed by atoms with Crippen molar-refractivity contribution in [3.63, 3.8) is 0 Å². The zero-order chi connectivity index (χ0) is 30.1. The van der Waals surface area contributed by atoms with Gasteiger partial charge in [0.15, 0.2) is 11.5 Å². The van der Waals surface area contributed by atoms with Crippen LogP contribution in [-0.4, -0.2) is 67.8 Å². The van der Waals surface area contributed by atoms with Crippen molar-refractivity contribution in [1.82, 2.24) is 35.1 Å². The summed E-state index contributed by atoms with van der Waals surface area (Å²) in [6.07, 6.45) is 5.10. The Morgan fingerprint density at radius 3 is 2.71 bits per heavy atom. The molecule has 1 aliphatic rings. The molecule has 12 nitrogen and oxygen atoms in total. The highest BCUT2D eigenvalue weighted by Crippen LogP contribution is 2.32. The first kappa shape index (κ1) is 28.7. The summed E-state index contributed by atoms with van der Waals surface area (Å²) in [5.41, 5.74) is 7.85. The number of hydrogen-bond acceptors (Lipinski definition) is 9. The highest BCUT2D eigenvalue weighted by Gasteiger charge is 2.44. The Balaban J connectivity index is 1.55. The average molecular weight is 576 g/mol. The lowest BCUT2D eigenvalue weighted by atomic mass is 9.87. The van der Waals surface area contributed by atoms with Gasteiger partial charge in [-0.2, -0.15) is 0 Å². The Hall–Kier alpha value is -4.81. The van der Waals surface area contributed by atoms with Gasteiger partial charge in [0.05, 0.1) is 37.0 Å². The van der Waals surface area contributed by atoms with Crippen LogP contribution in [0.5, 0.6) is 0 Å². The molecule has 1 saturated heterocycles. The van der Waals surface area contributed by atoms with Crippen LogP contribution in [0.3, 0.4) is 0 Å². The highest BCUT2D eigenvalue weighted by atomic mass is 19.1. The van der Waals surface area contributed by atoms with Gasteiger partial charge in [0.1, 0.15) is 28.8 Å². The number of carbonyl (C=O) groups is 2. The van der Waals surface area contributed by atoms with Crippen molar-refractivity contribution in [2.75, 3.05) is 30.8 Å². The number of alkyl carbamates (subject to hydrolysis) is 1. The lowest BCUT2D eigenvalue weighted by Crippen LogP contribution is -2.66. The summed E-state index contributed by atoms with van der Waals surface area (Å²) >= 11 is 0. The van der Waals surface area contributed by atoms with E-state index in [2.05, 4.69) is 30.6 Å². The van der Waals surface area contributed by atoms with E-state index >= 15 is 0 Å². The van der Waals surface area contributed by atoms with E-state index in [4.69, 9.17) is 10.5 Å². The normalized spacial score (nSPS) is 17.2. The fraction of sp³-hybridized carbons (Fsp3) is 0.379. The van der Waals surface area contributed by atoms with Crippen molar-refractivity contribution in [2.45, 2.75) is 51.3 Å². The standard InChI is InChI=1S/C29H34FN9O3/c1-28(2,3)42-27(41)37-29(26(40)32-4)9-6-10-38(15-29)22-13-33-21(18-7-5-8-20(30)11-18)12-19(22)14-39-17-36-23-24(31)34-16-35-25(23)39/h5,7-8,11-13,16-17H,6,9-10,14-15H2,1-4H3,(H,32,40)(H,37,41)(H2,31,34,35). The maximum atomic E-state index is 14.1. The van der Waals surface area contributed by atoms with E-state index in [0.717, 1.165) is 11.3 Å². The largest absolute Gasteiger partial charge is 0.444 e. The maximum absolute atomic E-state index is 14.1. The minimum atomic E-state index is -1.24. The Kier molecular flexibility index (Phi) is 7.67. The molecule has 0 radical (unpaired) electrons. The maximum Gasteiger partial charge on any atom is 0.408 e. The molecule has 3 aromatic heterocycles. The van der Waals surface area contributed by atoms with Crippen LogP contribution in [0.1, 0.15) is 39.2 Å². The van der Waals surface area contributed by atoms with E-state index in [1.165, 1.54) is 25.5 Å². The van der Waals surface area contributed by atoms with E-state index in [-0.39, 0.29) is 24.1 Å². The molecule has 2 amide bonds. The predicted molar refractivity (Wildman–Crippen MR) is 156 cm³/mol.